The highest BCUT2D eigenvalue weighted by molar-refractivity contribution is 6.27. The van der Waals surface area contributed by atoms with Gasteiger partial charge in [0.1, 0.15) is 5.76 Å². The normalized spacial score (nSPS) is 30.4. The molecule has 3 aliphatic rings. The van der Waals surface area contributed by atoms with Gasteiger partial charge in [0.15, 0.2) is 5.78 Å². The van der Waals surface area contributed by atoms with Crippen molar-refractivity contribution < 1.29 is 27.8 Å². The molecule has 0 aromatic heterocycles. The van der Waals surface area contributed by atoms with Crippen LogP contribution in [0.2, 0.25) is 0 Å². The second-order valence-electron chi connectivity index (χ2n) is 10.1. The van der Waals surface area contributed by atoms with E-state index in [0.29, 0.717) is 17.6 Å². The highest BCUT2D eigenvalue weighted by Gasteiger charge is 2.69. The molecule has 6 heteroatoms. The second-order valence-corrected chi connectivity index (χ2v) is 10.1. The van der Waals surface area contributed by atoms with Crippen LogP contribution in [-0.2, 0) is 28.5 Å². The number of aliphatic hydroxyl groups excluding tert-OH is 1. The van der Waals surface area contributed by atoms with Gasteiger partial charge in [0.05, 0.1) is 34.7 Å². The highest BCUT2D eigenvalue weighted by atomic mass is 19.4. The number of rotatable bonds is 4. The highest BCUT2D eigenvalue weighted by Crippen LogP contribution is 2.64. The van der Waals surface area contributed by atoms with E-state index in [9.17, 15) is 23.1 Å². The summed E-state index contributed by atoms with van der Waals surface area (Å²) in [5.41, 5.74) is 3.30. The Kier molecular flexibility index (Phi) is 5.25. The molecule has 5 rings (SSSR count). The third-order valence-electron chi connectivity index (χ3n) is 8.20. The molecule has 2 bridgehead atoms. The van der Waals surface area contributed by atoms with Gasteiger partial charge in [-0.15, -0.1) is 0 Å². The standard InChI is InChI=1S/C28H29F3O3/c1-5-15-10-14(3)11-16(6-2)21(15)22-24(32)23-25-19(13-20(34-25)27(23,4)26(22)33)17-8-7-9-18(12-17)28(29,30)31/h7-12,19-20,23,25,32H,5-6,13H2,1-4H3/t19?,20?,23-,25?,27+/m1/s1. The minimum Gasteiger partial charge on any atom is -0.511 e. The van der Waals surface area contributed by atoms with E-state index in [0.717, 1.165) is 41.2 Å². The van der Waals surface area contributed by atoms with Crippen LogP contribution in [0.3, 0.4) is 0 Å². The van der Waals surface area contributed by atoms with Crippen LogP contribution in [0.15, 0.2) is 42.2 Å². The van der Waals surface area contributed by atoms with Crippen molar-refractivity contribution in [1.29, 1.82) is 0 Å². The zero-order chi connectivity index (χ0) is 24.6. The summed E-state index contributed by atoms with van der Waals surface area (Å²) in [6.45, 7) is 7.94. The number of ether oxygens (including phenoxy) is 1. The molecule has 0 radical (unpaired) electrons. The number of allylic oxidation sites excluding steroid dienone is 1. The molecule has 1 aliphatic carbocycles. The molecule has 3 nitrogen and oxygen atoms in total. The zero-order valence-electron chi connectivity index (χ0n) is 19.8. The number of carbonyl (C=O) groups is 1. The van der Waals surface area contributed by atoms with Crippen molar-refractivity contribution in [2.75, 3.05) is 0 Å². The van der Waals surface area contributed by atoms with E-state index in [1.807, 2.05) is 27.7 Å². The van der Waals surface area contributed by atoms with Gasteiger partial charge in [-0.25, -0.2) is 0 Å². The monoisotopic (exact) mass is 470 g/mol. The van der Waals surface area contributed by atoms with E-state index in [4.69, 9.17) is 4.74 Å². The largest absolute Gasteiger partial charge is 0.511 e. The number of Topliss-reactive ketones (excluding diaryl/α,β-unsaturated/α-hetero) is 1. The van der Waals surface area contributed by atoms with Gasteiger partial charge in [0.2, 0.25) is 0 Å². The van der Waals surface area contributed by atoms with Crippen LogP contribution in [0.4, 0.5) is 13.2 Å². The van der Waals surface area contributed by atoms with Crippen molar-refractivity contribution in [3.63, 3.8) is 0 Å². The van der Waals surface area contributed by atoms with Gasteiger partial charge in [-0.1, -0.05) is 49.7 Å². The summed E-state index contributed by atoms with van der Waals surface area (Å²) in [4.78, 5) is 13.9. The number of fused-ring (bicyclic) bond motifs is 5. The minimum absolute atomic E-state index is 0.0323. The van der Waals surface area contributed by atoms with E-state index in [1.54, 1.807) is 6.07 Å². The summed E-state index contributed by atoms with van der Waals surface area (Å²) in [5.74, 6) is -0.957. The fourth-order valence-corrected chi connectivity index (χ4v) is 6.55. The van der Waals surface area contributed by atoms with Crippen molar-refractivity contribution in [2.24, 2.45) is 11.3 Å². The molecule has 2 aromatic carbocycles. The maximum absolute atomic E-state index is 13.9. The second kappa shape index (κ2) is 7.70. The number of alkyl halides is 3. The first-order valence-electron chi connectivity index (χ1n) is 12.0. The van der Waals surface area contributed by atoms with Gasteiger partial charge in [-0.3, -0.25) is 4.79 Å². The molecule has 0 saturated carbocycles. The van der Waals surface area contributed by atoms with E-state index < -0.39 is 35.3 Å². The first-order chi connectivity index (χ1) is 16.0. The van der Waals surface area contributed by atoms with Crippen LogP contribution in [-0.4, -0.2) is 23.1 Å². The lowest BCUT2D eigenvalue weighted by atomic mass is 9.63. The van der Waals surface area contributed by atoms with Crippen molar-refractivity contribution in [3.8, 4) is 0 Å². The molecule has 5 atom stereocenters. The smallest absolute Gasteiger partial charge is 0.416 e. The number of halogens is 3. The maximum atomic E-state index is 13.9. The Bertz CT molecular complexity index is 1190. The lowest BCUT2D eigenvalue weighted by Crippen LogP contribution is -2.43. The van der Waals surface area contributed by atoms with Gasteiger partial charge in [0, 0.05) is 5.92 Å². The Labute approximate surface area is 197 Å². The Morgan fingerprint density at radius 2 is 1.76 bits per heavy atom. The van der Waals surface area contributed by atoms with Crippen LogP contribution >= 0.6 is 0 Å². The number of hydrogen-bond acceptors (Lipinski definition) is 3. The van der Waals surface area contributed by atoms with Crippen LogP contribution < -0.4 is 0 Å². The molecule has 3 unspecified atom stereocenters. The molecule has 2 fully saturated rings. The molecule has 0 amide bonds. The van der Waals surface area contributed by atoms with Crippen LogP contribution in [0.5, 0.6) is 0 Å². The Balaban J connectivity index is 1.61. The van der Waals surface area contributed by atoms with Gasteiger partial charge in [0.25, 0.3) is 0 Å². The number of ketones is 1. The average Bonchev–Trinajstić information content (AvgIpc) is 3.41. The van der Waals surface area contributed by atoms with E-state index in [2.05, 4.69) is 12.1 Å². The fraction of sp³-hybridized carbons (Fsp3) is 0.464. The lowest BCUT2D eigenvalue weighted by Gasteiger charge is -2.35. The summed E-state index contributed by atoms with van der Waals surface area (Å²) in [5, 5.41) is 11.5. The third kappa shape index (κ3) is 3.10. The summed E-state index contributed by atoms with van der Waals surface area (Å²) < 4.78 is 46.2. The summed E-state index contributed by atoms with van der Waals surface area (Å²) >= 11 is 0. The number of aliphatic hydroxyl groups is 1. The van der Waals surface area contributed by atoms with Crippen molar-refractivity contribution in [3.05, 3.63) is 75.5 Å². The molecule has 2 saturated heterocycles. The van der Waals surface area contributed by atoms with Crippen molar-refractivity contribution in [2.45, 2.75) is 71.3 Å². The Hall–Kier alpha value is -2.60. The first-order valence-corrected chi connectivity index (χ1v) is 12.0. The van der Waals surface area contributed by atoms with Crippen LogP contribution in [0.1, 0.15) is 66.5 Å². The Morgan fingerprint density at radius 1 is 1.12 bits per heavy atom. The molecule has 180 valence electrons. The van der Waals surface area contributed by atoms with Gasteiger partial charge < -0.3 is 9.84 Å². The third-order valence-corrected chi connectivity index (χ3v) is 8.20. The molecular weight excluding hydrogens is 441 g/mol. The molecule has 2 heterocycles. The predicted molar refractivity (Wildman–Crippen MR) is 124 cm³/mol. The van der Waals surface area contributed by atoms with Crippen molar-refractivity contribution in [1.82, 2.24) is 0 Å². The molecule has 2 aliphatic heterocycles. The SMILES string of the molecule is CCc1cc(C)cc(CC)c1C1=C(O)[C@@H]2C3OC(CC3c3cccc(C(F)(F)F)c3)[C@]2(C)C1=O. The van der Waals surface area contributed by atoms with Gasteiger partial charge in [-0.05, 0) is 61.4 Å². The summed E-state index contributed by atoms with van der Waals surface area (Å²) in [6.07, 6.45) is -3.51. The first kappa shape index (κ1) is 23.2. The van der Waals surface area contributed by atoms with E-state index in [1.165, 1.54) is 12.1 Å². The fourth-order valence-electron chi connectivity index (χ4n) is 6.55. The number of carbonyl (C=O) groups excluding carboxylic acids is 1. The molecule has 34 heavy (non-hydrogen) atoms. The minimum atomic E-state index is -4.43. The van der Waals surface area contributed by atoms with E-state index in [-0.39, 0.29) is 17.5 Å². The lowest BCUT2D eigenvalue weighted by molar-refractivity contribution is -0.137. The summed E-state index contributed by atoms with van der Waals surface area (Å²) in [7, 11) is 0. The zero-order valence-corrected chi connectivity index (χ0v) is 19.8. The molecule has 2 aromatic rings. The average molecular weight is 471 g/mol. The van der Waals surface area contributed by atoms with Crippen LogP contribution in [0, 0.1) is 18.3 Å². The number of benzene rings is 2. The Morgan fingerprint density at radius 3 is 2.35 bits per heavy atom. The molecular formula is C28H29F3O3. The molecule has 0 spiro atoms. The van der Waals surface area contributed by atoms with Gasteiger partial charge in [-0.2, -0.15) is 13.2 Å². The number of hydrogen-bond donors (Lipinski definition) is 1. The topological polar surface area (TPSA) is 46.5 Å². The van der Waals surface area contributed by atoms with Crippen molar-refractivity contribution >= 4 is 11.4 Å². The predicted octanol–water partition coefficient (Wildman–Crippen LogP) is 6.57. The van der Waals surface area contributed by atoms with E-state index >= 15 is 0 Å². The summed E-state index contributed by atoms with van der Waals surface area (Å²) in [6, 6.07) is 9.47. The van der Waals surface area contributed by atoms with Gasteiger partial charge >= 0.3 is 6.18 Å². The maximum Gasteiger partial charge on any atom is 0.416 e. The quantitative estimate of drug-likeness (QED) is 0.550. The van der Waals surface area contributed by atoms with Crippen LogP contribution in [0.25, 0.3) is 5.57 Å². The molecule has 1 N–H and O–H groups in total. The number of aryl methyl sites for hydroxylation is 3.